The Hall–Kier alpha value is -2.32. The zero-order valence-corrected chi connectivity index (χ0v) is 18.1. The number of aromatic nitrogens is 2. The second-order valence-corrected chi connectivity index (χ2v) is 9.25. The highest BCUT2D eigenvalue weighted by Gasteiger charge is 2.45. The number of fused-ring (bicyclic) bond motifs is 4. The number of nitrogens with zero attached hydrogens (tertiary/aromatic N) is 4. The number of rotatable bonds is 4. The topological polar surface area (TPSA) is 75.6 Å². The Bertz CT molecular complexity index is 977. The van der Waals surface area contributed by atoms with Gasteiger partial charge in [0, 0.05) is 30.5 Å². The molecule has 0 spiro atoms. The molecule has 2 saturated heterocycles. The largest absolute Gasteiger partial charge is 0.496 e. The molecule has 0 saturated carbocycles. The summed E-state index contributed by atoms with van der Waals surface area (Å²) in [6.45, 7) is 2.94. The van der Waals surface area contributed by atoms with Crippen LogP contribution in [0.2, 0.25) is 0 Å². The molecule has 2 aromatic rings. The van der Waals surface area contributed by atoms with E-state index in [0.29, 0.717) is 13.0 Å². The van der Waals surface area contributed by atoms with Gasteiger partial charge >= 0.3 is 0 Å². The van der Waals surface area contributed by atoms with E-state index in [1.807, 2.05) is 41.0 Å². The summed E-state index contributed by atoms with van der Waals surface area (Å²) in [5.74, 6) is 0.858. The molecule has 4 heterocycles. The summed E-state index contributed by atoms with van der Waals surface area (Å²) in [6, 6.07) is 7.78. The number of amides is 1. The van der Waals surface area contributed by atoms with E-state index in [1.54, 1.807) is 7.11 Å². The minimum Gasteiger partial charge on any atom is -0.496 e. The van der Waals surface area contributed by atoms with Crippen molar-refractivity contribution in [1.29, 1.82) is 0 Å². The van der Waals surface area contributed by atoms with Gasteiger partial charge in [-0.1, -0.05) is 22.7 Å². The fourth-order valence-electron chi connectivity index (χ4n) is 5.39. The lowest BCUT2D eigenvalue weighted by molar-refractivity contribution is -0.138. The van der Waals surface area contributed by atoms with Gasteiger partial charge < -0.3 is 9.64 Å². The van der Waals surface area contributed by atoms with Crippen molar-refractivity contribution in [3.8, 4) is 5.75 Å². The third kappa shape index (κ3) is 3.13. The zero-order chi connectivity index (χ0) is 20.8. The van der Waals surface area contributed by atoms with Crippen LogP contribution >= 0.6 is 11.5 Å². The number of ether oxygens (including phenoxy) is 1. The molecule has 1 aromatic heterocycles. The first-order chi connectivity index (χ1) is 14.6. The number of benzene rings is 1. The maximum absolute atomic E-state index is 13.3. The predicted molar refractivity (Wildman–Crippen MR) is 113 cm³/mol. The molecule has 5 rings (SSSR count). The number of piperidine rings is 1. The molecule has 2 fully saturated rings. The second-order valence-electron chi connectivity index (χ2n) is 8.47. The predicted octanol–water partition coefficient (Wildman–Crippen LogP) is 2.58. The van der Waals surface area contributed by atoms with Crippen molar-refractivity contribution in [2.45, 2.75) is 56.7 Å². The van der Waals surface area contributed by atoms with Gasteiger partial charge in [-0.15, -0.1) is 5.10 Å². The van der Waals surface area contributed by atoms with Gasteiger partial charge in [0.2, 0.25) is 5.91 Å². The Labute approximate surface area is 180 Å². The van der Waals surface area contributed by atoms with Gasteiger partial charge in [0.1, 0.15) is 5.75 Å². The molecule has 3 aliphatic rings. The minimum absolute atomic E-state index is 0.114. The lowest BCUT2D eigenvalue weighted by Gasteiger charge is -2.39. The highest BCUT2D eigenvalue weighted by molar-refractivity contribution is 7.05. The number of Topliss-reactive ketones (excluding diaryl/α,β-unsaturated/α-hetero) is 1. The fraction of sp³-hybridized carbons (Fsp3) is 0.545. The summed E-state index contributed by atoms with van der Waals surface area (Å²) < 4.78 is 9.56. The van der Waals surface area contributed by atoms with Crippen LogP contribution in [-0.4, -0.2) is 63.4 Å². The van der Waals surface area contributed by atoms with Gasteiger partial charge in [-0.3, -0.25) is 14.5 Å². The highest BCUT2D eigenvalue weighted by atomic mass is 32.1. The van der Waals surface area contributed by atoms with E-state index in [-0.39, 0.29) is 35.7 Å². The molecule has 0 aliphatic carbocycles. The number of ketones is 1. The average Bonchev–Trinajstić information content (AvgIpc) is 3.36. The third-order valence-electron chi connectivity index (χ3n) is 6.97. The molecule has 1 amide bonds. The molecule has 8 heteroatoms. The molecule has 0 radical (unpaired) electrons. The Morgan fingerprint density at radius 3 is 2.93 bits per heavy atom. The van der Waals surface area contributed by atoms with Crippen LogP contribution in [0.3, 0.4) is 0 Å². The minimum atomic E-state index is -0.291. The van der Waals surface area contributed by atoms with Crippen LogP contribution in [0.5, 0.6) is 5.75 Å². The zero-order valence-electron chi connectivity index (χ0n) is 17.3. The Morgan fingerprint density at radius 2 is 2.10 bits per heavy atom. The number of carbonyl (C=O) groups excluding carboxylic acids is 2. The van der Waals surface area contributed by atoms with E-state index in [0.717, 1.165) is 47.7 Å². The monoisotopic (exact) mass is 426 g/mol. The van der Waals surface area contributed by atoms with Crippen molar-refractivity contribution < 1.29 is 14.3 Å². The smallest absolute Gasteiger partial charge is 0.237 e. The van der Waals surface area contributed by atoms with Crippen LogP contribution in [-0.2, 0) is 16.0 Å². The van der Waals surface area contributed by atoms with Crippen molar-refractivity contribution in [3.63, 3.8) is 0 Å². The van der Waals surface area contributed by atoms with Gasteiger partial charge in [0.05, 0.1) is 36.3 Å². The first-order valence-corrected chi connectivity index (χ1v) is 11.4. The molecule has 0 N–H and O–H groups in total. The molecule has 1 aromatic carbocycles. The summed E-state index contributed by atoms with van der Waals surface area (Å²) in [5, 5.41) is 4.25. The molecular weight excluding hydrogens is 400 g/mol. The van der Waals surface area contributed by atoms with E-state index in [1.165, 1.54) is 11.5 Å². The number of hydrogen-bond acceptors (Lipinski definition) is 7. The number of likely N-dealkylation sites (tertiary alicyclic amines) is 1. The Balaban J connectivity index is 1.29. The van der Waals surface area contributed by atoms with Crippen LogP contribution in [0.1, 0.15) is 54.3 Å². The maximum atomic E-state index is 13.3. The lowest BCUT2D eigenvalue weighted by Crippen LogP contribution is -2.53. The van der Waals surface area contributed by atoms with Crippen LogP contribution in [0, 0.1) is 0 Å². The van der Waals surface area contributed by atoms with Crippen LogP contribution in [0.4, 0.5) is 0 Å². The molecule has 3 aliphatic heterocycles. The van der Waals surface area contributed by atoms with Crippen LogP contribution in [0.25, 0.3) is 0 Å². The summed E-state index contributed by atoms with van der Waals surface area (Å²) in [4.78, 5) is 31.7. The van der Waals surface area contributed by atoms with Crippen molar-refractivity contribution in [2.24, 2.45) is 0 Å². The summed E-state index contributed by atoms with van der Waals surface area (Å²) in [5.41, 5.74) is 2.01. The molecular formula is C22H26N4O3S. The number of para-hydroxylation sites is 1. The van der Waals surface area contributed by atoms with E-state index in [9.17, 15) is 9.59 Å². The Kier molecular flexibility index (Phi) is 5.06. The highest BCUT2D eigenvalue weighted by Crippen LogP contribution is 2.44. The number of methoxy groups -OCH3 is 1. The van der Waals surface area contributed by atoms with Gasteiger partial charge in [-0.25, -0.2) is 0 Å². The number of hydrogen-bond donors (Lipinski definition) is 0. The van der Waals surface area contributed by atoms with E-state index in [4.69, 9.17) is 4.74 Å². The van der Waals surface area contributed by atoms with Gasteiger partial charge in [-0.2, -0.15) is 0 Å². The van der Waals surface area contributed by atoms with E-state index < -0.39 is 0 Å². The van der Waals surface area contributed by atoms with E-state index in [2.05, 4.69) is 9.59 Å². The fourth-order valence-corrected chi connectivity index (χ4v) is 6.20. The summed E-state index contributed by atoms with van der Waals surface area (Å²) in [6.07, 6.45) is 3.51. The number of carbonyl (C=O) groups is 2. The second kappa shape index (κ2) is 7.74. The van der Waals surface area contributed by atoms with Crippen LogP contribution in [0.15, 0.2) is 24.3 Å². The average molecular weight is 427 g/mol. The molecule has 0 unspecified atom stereocenters. The Morgan fingerprint density at radius 1 is 1.27 bits per heavy atom. The van der Waals surface area contributed by atoms with Crippen molar-refractivity contribution in [1.82, 2.24) is 19.4 Å². The van der Waals surface area contributed by atoms with Crippen molar-refractivity contribution in [2.75, 3.05) is 20.2 Å². The van der Waals surface area contributed by atoms with Gasteiger partial charge in [0.15, 0.2) is 5.78 Å². The molecule has 4 atom stereocenters. The third-order valence-corrected chi connectivity index (χ3v) is 7.84. The molecule has 158 valence electrons. The van der Waals surface area contributed by atoms with E-state index >= 15 is 0 Å². The summed E-state index contributed by atoms with van der Waals surface area (Å²) >= 11 is 1.42. The normalized spacial score (nSPS) is 28.5. The molecule has 30 heavy (non-hydrogen) atoms. The lowest BCUT2D eigenvalue weighted by atomic mass is 9.84. The first kappa shape index (κ1) is 19.6. The summed E-state index contributed by atoms with van der Waals surface area (Å²) in [7, 11) is 1.64. The SMILES string of the molecule is COc1ccccc1[C@H]1CCN(CC(=O)N2[C@@H]3CC[C@@H]2c2snnc2C3)[C@@H](C)C1=O. The van der Waals surface area contributed by atoms with Gasteiger partial charge in [0.25, 0.3) is 0 Å². The first-order valence-electron chi connectivity index (χ1n) is 10.6. The maximum Gasteiger partial charge on any atom is 0.237 e. The molecule has 7 nitrogen and oxygen atoms in total. The quantitative estimate of drug-likeness (QED) is 0.748. The van der Waals surface area contributed by atoms with Gasteiger partial charge in [-0.05, 0) is 43.8 Å². The molecule has 2 bridgehead atoms. The van der Waals surface area contributed by atoms with Crippen molar-refractivity contribution in [3.05, 3.63) is 40.4 Å². The van der Waals surface area contributed by atoms with Crippen LogP contribution < -0.4 is 4.74 Å². The standard InChI is InChI=1S/C22H26N4O3S/c1-13-21(28)16(15-5-3-4-6-19(15)29-2)9-10-25(13)12-20(27)26-14-7-8-18(26)22-17(11-14)23-24-30-22/h3-6,13-14,16,18H,7-12H2,1-2H3/t13-,14+,16+,18+/m0/s1. The van der Waals surface area contributed by atoms with Crippen molar-refractivity contribution >= 4 is 23.2 Å².